The van der Waals surface area contributed by atoms with Crippen molar-refractivity contribution in [1.29, 1.82) is 0 Å². The molecule has 0 aliphatic carbocycles. The van der Waals surface area contributed by atoms with Gasteiger partial charge in [-0.25, -0.2) is 4.79 Å². The van der Waals surface area contributed by atoms with Crippen LogP contribution in [0.4, 0.5) is 0 Å². The van der Waals surface area contributed by atoms with E-state index in [2.05, 4.69) is 4.98 Å². The number of hydrogen-bond acceptors (Lipinski definition) is 6. The average Bonchev–Trinajstić information content (AvgIpc) is 2.71. The lowest BCUT2D eigenvalue weighted by molar-refractivity contribution is -0.112. The summed E-state index contributed by atoms with van der Waals surface area (Å²) < 4.78 is 22.5. The molecular weight excluding hydrogens is 303 g/mol. The molecule has 10 heteroatoms. The smallest absolute Gasteiger partial charge is 0.330 e. The Labute approximate surface area is 120 Å². The molecule has 0 bridgehead atoms. The Hall–Kier alpha value is -1.25. The first-order chi connectivity index (χ1) is 9.76. The number of nitrogens with one attached hydrogen (secondary N) is 1. The van der Waals surface area contributed by atoms with Crippen molar-refractivity contribution in [3.8, 4) is 0 Å². The summed E-state index contributed by atoms with van der Waals surface area (Å²) in [5, 5.41) is 9.42. The first-order valence-electron chi connectivity index (χ1n) is 6.27. The third kappa shape index (κ3) is 3.17. The number of aryl methyl sites for hydroxylation is 1. The monoisotopic (exact) mass is 320 g/mol. The van der Waals surface area contributed by atoms with Gasteiger partial charge in [0.25, 0.3) is 5.56 Å². The summed E-state index contributed by atoms with van der Waals surface area (Å²) in [5.41, 5.74) is -2.04. The van der Waals surface area contributed by atoms with Crippen LogP contribution in [0.2, 0.25) is 0 Å². The highest BCUT2D eigenvalue weighted by atomic mass is 31.1. The summed E-state index contributed by atoms with van der Waals surface area (Å²) in [6.45, 7) is 2.61. The van der Waals surface area contributed by atoms with Crippen LogP contribution >= 0.6 is 8.25 Å². The SMILES string of the molecule is Cc1cn([C@H]2CC(O[PH](=O)O)[C@@](C)(CO)O2)c(=O)[nH]c1=O. The number of aromatic nitrogens is 2. The van der Waals surface area contributed by atoms with E-state index in [1.165, 1.54) is 24.6 Å². The molecule has 1 aliphatic heterocycles. The predicted octanol–water partition coefficient (Wildman–Crippen LogP) is -0.718. The van der Waals surface area contributed by atoms with Gasteiger partial charge in [0.1, 0.15) is 17.9 Å². The Morgan fingerprint density at radius 1 is 1.62 bits per heavy atom. The predicted molar refractivity (Wildman–Crippen MR) is 72.4 cm³/mol. The van der Waals surface area contributed by atoms with Crippen LogP contribution in [0.5, 0.6) is 0 Å². The number of hydrogen-bond donors (Lipinski definition) is 3. The third-order valence-electron chi connectivity index (χ3n) is 3.52. The molecule has 3 N–H and O–H groups in total. The summed E-state index contributed by atoms with van der Waals surface area (Å²) in [6.07, 6.45) is -0.215. The van der Waals surface area contributed by atoms with E-state index in [9.17, 15) is 19.3 Å². The Morgan fingerprint density at radius 2 is 2.29 bits per heavy atom. The molecule has 118 valence electrons. The third-order valence-corrected chi connectivity index (χ3v) is 4.00. The van der Waals surface area contributed by atoms with Crippen molar-refractivity contribution < 1.29 is 23.8 Å². The zero-order valence-electron chi connectivity index (χ0n) is 11.5. The Bertz CT molecular complexity index is 669. The molecule has 2 unspecified atom stereocenters. The zero-order valence-corrected chi connectivity index (χ0v) is 12.5. The normalized spacial score (nSPS) is 30.5. The summed E-state index contributed by atoms with van der Waals surface area (Å²) >= 11 is 0. The summed E-state index contributed by atoms with van der Waals surface area (Å²) in [7, 11) is -3.21. The quantitative estimate of drug-likeness (QED) is 0.624. The zero-order chi connectivity index (χ0) is 15.8. The van der Waals surface area contributed by atoms with Gasteiger partial charge >= 0.3 is 13.9 Å². The lowest BCUT2D eigenvalue weighted by Crippen LogP contribution is -2.40. The van der Waals surface area contributed by atoms with Gasteiger partial charge in [-0.05, 0) is 13.8 Å². The molecule has 9 nitrogen and oxygen atoms in total. The fourth-order valence-electron chi connectivity index (χ4n) is 2.27. The fourth-order valence-corrected chi connectivity index (χ4v) is 2.86. The summed E-state index contributed by atoms with van der Waals surface area (Å²) in [4.78, 5) is 34.2. The van der Waals surface area contributed by atoms with Crippen LogP contribution < -0.4 is 11.2 Å². The minimum absolute atomic E-state index is 0.0966. The van der Waals surface area contributed by atoms with Crippen molar-refractivity contribution in [1.82, 2.24) is 9.55 Å². The highest BCUT2D eigenvalue weighted by molar-refractivity contribution is 7.32. The molecule has 2 rings (SSSR count). The lowest BCUT2D eigenvalue weighted by Gasteiger charge is -2.27. The van der Waals surface area contributed by atoms with E-state index in [-0.39, 0.29) is 6.42 Å². The van der Waals surface area contributed by atoms with Crippen molar-refractivity contribution in [3.05, 3.63) is 32.6 Å². The van der Waals surface area contributed by atoms with Crippen LogP contribution in [0.15, 0.2) is 15.8 Å². The molecule has 0 aromatic carbocycles. The van der Waals surface area contributed by atoms with E-state index in [1.807, 2.05) is 0 Å². The van der Waals surface area contributed by atoms with Crippen LogP contribution in [0.1, 0.15) is 25.1 Å². The second kappa shape index (κ2) is 5.86. The van der Waals surface area contributed by atoms with E-state index in [0.717, 1.165) is 0 Å². The van der Waals surface area contributed by atoms with Gasteiger partial charge in [0, 0.05) is 18.2 Å². The topological polar surface area (TPSA) is 131 Å². The average molecular weight is 320 g/mol. The summed E-state index contributed by atoms with van der Waals surface area (Å²) in [6, 6.07) is 0. The van der Waals surface area contributed by atoms with E-state index >= 15 is 0 Å². The molecule has 0 saturated carbocycles. The van der Waals surface area contributed by atoms with Crippen LogP contribution in [0.25, 0.3) is 0 Å². The number of aromatic amines is 1. The number of nitrogens with zero attached hydrogens (tertiary/aromatic N) is 1. The molecule has 1 fully saturated rings. The van der Waals surface area contributed by atoms with Crippen LogP contribution in [0, 0.1) is 6.92 Å². The standard InChI is InChI=1S/C11H17N2O7P/c1-6-4-13(10(16)12-9(6)15)8-3-7(20-21(17)18)11(2,5-14)19-8/h4,7-8,14,21H,3,5H2,1-2H3,(H,17,18)(H,12,15,16)/t7?,8-,11-/m1/s1. The van der Waals surface area contributed by atoms with Crippen molar-refractivity contribution in [2.24, 2.45) is 0 Å². The van der Waals surface area contributed by atoms with Crippen molar-refractivity contribution in [2.45, 2.75) is 38.2 Å². The number of H-pyrrole nitrogens is 1. The van der Waals surface area contributed by atoms with E-state index < -0.39 is 44.0 Å². The maximum atomic E-state index is 11.8. The lowest BCUT2D eigenvalue weighted by atomic mass is 10.0. The molecule has 1 aromatic heterocycles. The second-order valence-corrected chi connectivity index (χ2v) is 5.90. The number of rotatable bonds is 4. The molecule has 0 radical (unpaired) electrons. The molecule has 1 saturated heterocycles. The molecule has 1 aromatic rings. The van der Waals surface area contributed by atoms with Crippen molar-refractivity contribution in [2.75, 3.05) is 6.61 Å². The van der Waals surface area contributed by atoms with E-state index in [0.29, 0.717) is 5.56 Å². The van der Waals surface area contributed by atoms with E-state index in [1.54, 1.807) is 0 Å². The van der Waals surface area contributed by atoms with Gasteiger partial charge in [-0.3, -0.25) is 18.9 Å². The number of aliphatic hydroxyl groups excluding tert-OH is 1. The largest absolute Gasteiger partial charge is 0.393 e. The number of ether oxygens (including phenoxy) is 1. The van der Waals surface area contributed by atoms with Crippen LogP contribution in [-0.4, -0.2) is 37.9 Å². The maximum absolute atomic E-state index is 11.8. The van der Waals surface area contributed by atoms with Crippen LogP contribution in [-0.2, 0) is 13.8 Å². The molecular formula is C11H17N2O7P. The first kappa shape index (κ1) is 16.1. The van der Waals surface area contributed by atoms with Gasteiger partial charge in [-0.1, -0.05) is 0 Å². The Kier molecular flexibility index (Phi) is 4.50. The van der Waals surface area contributed by atoms with Gasteiger partial charge in [-0.2, -0.15) is 0 Å². The van der Waals surface area contributed by atoms with Gasteiger partial charge in [0.2, 0.25) is 0 Å². The van der Waals surface area contributed by atoms with Gasteiger partial charge in [0.05, 0.1) is 6.61 Å². The highest BCUT2D eigenvalue weighted by Gasteiger charge is 2.47. The van der Waals surface area contributed by atoms with E-state index in [4.69, 9.17) is 14.2 Å². The Balaban J connectivity index is 2.35. The Morgan fingerprint density at radius 3 is 2.86 bits per heavy atom. The molecule has 0 spiro atoms. The molecule has 4 atom stereocenters. The van der Waals surface area contributed by atoms with Gasteiger partial charge in [0.15, 0.2) is 0 Å². The summed E-state index contributed by atoms with van der Waals surface area (Å²) in [5.74, 6) is 0. The molecule has 2 heterocycles. The number of aliphatic hydroxyl groups is 1. The van der Waals surface area contributed by atoms with Crippen molar-refractivity contribution in [3.63, 3.8) is 0 Å². The van der Waals surface area contributed by atoms with Crippen LogP contribution in [0.3, 0.4) is 0 Å². The first-order valence-corrected chi connectivity index (χ1v) is 7.53. The second-order valence-electron chi connectivity index (χ2n) is 5.13. The molecule has 0 amide bonds. The molecule has 21 heavy (non-hydrogen) atoms. The minimum atomic E-state index is -3.21. The highest BCUT2D eigenvalue weighted by Crippen LogP contribution is 2.41. The maximum Gasteiger partial charge on any atom is 0.330 e. The fraction of sp³-hybridized carbons (Fsp3) is 0.636. The van der Waals surface area contributed by atoms with Gasteiger partial charge in [-0.15, -0.1) is 0 Å². The van der Waals surface area contributed by atoms with Gasteiger partial charge < -0.3 is 19.3 Å². The molecule has 1 aliphatic rings. The van der Waals surface area contributed by atoms with Crippen molar-refractivity contribution >= 4 is 8.25 Å². The minimum Gasteiger partial charge on any atom is -0.393 e.